The molecule has 2 heteroatoms. The van der Waals surface area contributed by atoms with Crippen molar-refractivity contribution in [1.82, 2.24) is 10.2 Å². The van der Waals surface area contributed by atoms with Gasteiger partial charge in [0.15, 0.2) is 0 Å². The third kappa shape index (κ3) is 2.58. The van der Waals surface area contributed by atoms with E-state index in [9.17, 15) is 0 Å². The quantitative estimate of drug-likeness (QED) is 0.895. The molecule has 20 heavy (non-hydrogen) atoms. The van der Waals surface area contributed by atoms with Gasteiger partial charge in [-0.1, -0.05) is 42.5 Å². The maximum absolute atomic E-state index is 3.61. The van der Waals surface area contributed by atoms with Gasteiger partial charge in [-0.25, -0.2) is 0 Å². The van der Waals surface area contributed by atoms with Crippen molar-refractivity contribution in [2.75, 3.05) is 13.1 Å². The first-order valence-corrected chi connectivity index (χ1v) is 7.63. The zero-order valence-corrected chi connectivity index (χ0v) is 12.6. The van der Waals surface area contributed by atoms with Crippen LogP contribution < -0.4 is 5.32 Å². The van der Waals surface area contributed by atoms with Crippen LogP contribution in [0.15, 0.2) is 42.5 Å². The number of hydrogen-bond donors (Lipinski definition) is 1. The fourth-order valence-corrected chi connectivity index (χ4v) is 3.50. The Hall–Kier alpha value is -1.38. The molecule has 3 atom stereocenters. The fourth-order valence-electron chi connectivity index (χ4n) is 3.50. The fraction of sp³-hybridized carbons (Fsp3) is 0.444. The van der Waals surface area contributed by atoms with Crippen LogP contribution in [0.4, 0.5) is 0 Å². The maximum Gasteiger partial charge on any atom is 0.0327 e. The smallest absolute Gasteiger partial charge is 0.0327 e. The molecule has 0 amide bonds. The Morgan fingerprint density at radius 2 is 1.65 bits per heavy atom. The topological polar surface area (TPSA) is 15.3 Å². The van der Waals surface area contributed by atoms with Gasteiger partial charge in [-0.3, -0.25) is 4.90 Å². The van der Waals surface area contributed by atoms with Crippen molar-refractivity contribution in [2.24, 2.45) is 0 Å². The Morgan fingerprint density at radius 1 is 1.00 bits per heavy atom. The van der Waals surface area contributed by atoms with Gasteiger partial charge in [-0.2, -0.15) is 0 Å². The molecule has 3 rings (SSSR count). The number of fused-ring (bicyclic) bond motifs is 1. The highest BCUT2D eigenvalue weighted by Gasteiger charge is 2.25. The Morgan fingerprint density at radius 3 is 2.40 bits per heavy atom. The summed E-state index contributed by atoms with van der Waals surface area (Å²) < 4.78 is 0. The second-order valence-electron chi connectivity index (χ2n) is 6.17. The minimum Gasteiger partial charge on any atom is -0.309 e. The van der Waals surface area contributed by atoms with E-state index in [1.807, 2.05) is 0 Å². The summed E-state index contributed by atoms with van der Waals surface area (Å²) in [5.74, 6) is 0. The van der Waals surface area contributed by atoms with E-state index < -0.39 is 0 Å². The first-order chi connectivity index (χ1) is 9.65. The molecule has 0 radical (unpaired) electrons. The molecule has 1 aliphatic rings. The van der Waals surface area contributed by atoms with Crippen molar-refractivity contribution in [1.29, 1.82) is 0 Å². The van der Waals surface area contributed by atoms with Crippen LogP contribution in [0.1, 0.15) is 32.4 Å². The molecule has 2 nitrogen and oxygen atoms in total. The van der Waals surface area contributed by atoms with E-state index in [1.54, 1.807) is 0 Å². The predicted octanol–water partition coefficient (Wildman–Crippen LogP) is 3.58. The number of nitrogens with one attached hydrogen (secondary N) is 1. The average molecular weight is 268 g/mol. The monoisotopic (exact) mass is 268 g/mol. The van der Waals surface area contributed by atoms with Gasteiger partial charge in [0.2, 0.25) is 0 Å². The molecule has 2 aromatic rings. The second-order valence-corrected chi connectivity index (χ2v) is 6.17. The number of piperazine rings is 1. The molecule has 0 aromatic heterocycles. The van der Waals surface area contributed by atoms with Gasteiger partial charge >= 0.3 is 0 Å². The highest BCUT2D eigenvalue weighted by atomic mass is 15.2. The lowest BCUT2D eigenvalue weighted by Gasteiger charge is -2.40. The molecule has 0 spiro atoms. The molecule has 0 bridgehead atoms. The van der Waals surface area contributed by atoms with E-state index in [-0.39, 0.29) is 0 Å². The molecule has 2 aromatic carbocycles. The summed E-state index contributed by atoms with van der Waals surface area (Å²) in [5, 5.41) is 6.34. The van der Waals surface area contributed by atoms with Gasteiger partial charge < -0.3 is 5.32 Å². The zero-order valence-electron chi connectivity index (χ0n) is 12.6. The van der Waals surface area contributed by atoms with Crippen LogP contribution in [-0.4, -0.2) is 30.1 Å². The van der Waals surface area contributed by atoms with Crippen LogP contribution in [0, 0.1) is 0 Å². The molecule has 1 heterocycles. The molecular formula is C18H24N2. The summed E-state index contributed by atoms with van der Waals surface area (Å²) in [5.41, 5.74) is 1.45. The molecule has 0 saturated carbocycles. The van der Waals surface area contributed by atoms with Gasteiger partial charge in [0.25, 0.3) is 0 Å². The average Bonchev–Trinajstić information content (AvgIpc) is 2.45. The largest absolute Gasteiger partial charge is 0.309 e. The van der Waals surface area contributed by atoms with E-state index in [1.165, 1.54) is 16.3 Å². The SMILES string of the molecule is CC1CN(C(C)c2cccc3ccccc23)CC(C)N1. The van der Waals surface area contributed by atoms with Gasteiger partial charge in [0.1, 0.15) is 0 Å². The lowest BCUT2D eigenvalue weighted by Crippen LogP contribution is -2.54. The first-order valence-electron chi connectivity index (χ1n) is 7.63. The van der Waals surface area contributed by atoms with Crippen molar-refractivity contribution >= 4 is 10.8 Å². The molecule has 1 aliphatic heterocycles. The summed E-state index contributed by atoms with van der Waals surface area (Å²) in [4.78, 5) is 2.60. The Balaban J connectivity index is 1.94. The third-order valence-corrected chi connectivity index (χ3v) is 4.41. The highest BCUT2D eigenvalue weighted by molar-refractivity contribution is 5.86. The second kappa shape index (κ2) is 5.55. The molecule has 3 unspecified atom stereocenters. The van der Waals surface area contributed by atoms with Crippen molar-refractivity contribution in [3.63, 3.8) is 0 Å². The van der Waals surface area contributed by atoms with Crippen LogP contribution in [0.3, 0.4) is 0 Å². The van der Waals surface area contributed by atoms with Crippen molar-refractivity contribution in [2.45, 2.75) is 38.9 Å². The van der Waals surface area contributed by atoms with Gasteiger partial charge in [0.05, 0.1) is 0 Å². The summed E-state index contributed by atoms with van der Waals surface area (Å²) in [6.45, 7) is 9.13. The highest BCUT2D eigenvalue weighted by Crippen LogP contribution is 2.29. The first kappa shape index (κ1) is 13.6. The Bertz CT molecular complexity index is 577. The van der Waals surface area contributed by atoms with Crippen molar-refractivity contribution in [3.8, 4) is 0 Å². The van der Waals surface area contributed by atoms with E-state index in [0.29, 0.717) is 18.1 Å². The Kier molecular flexibility index (Phi) is 3.77. The number of hydrogen-bond acceptors (Lipinski definition) is 2. The number of nitrogens with zero attached hydrogens (tertiary/aromatic N) is 1. The van der Waals surface area contributed by atoms with Crippen LogP contribution in [0.2, 0.25) is 0 Å². The predicted molar refractivity (Wildman–Crippen MR) is 86.0 cm³/mol. The van der Waals surface area contributed by atoms with Crippen molar-refractivity contribution < 1.29 is 0 Å². The van der Waals surface area contributed by atoms with E-state index in [4.69, 9.17) is 0 Å². The molecule has 106 valence electrons. The third-order valence-electron chi connectivity index (χ3n) is 4.41. The lowest BCUT2D eigenvalue weighted by molar-refractivity contribution is 0.132. The summed E-state index contributed by atoms with van der Waals surface area (Å²) in [6, 6.07) is 17.0. The molecule has 1 N–H and O–H groups in total. The maximum atomic E-state index is 3.61. The number of benzene rings is 2. The van der Waals surface area contributed by atoms with E-state index >= 15 is 0 Å². The molecule has 1 saturated heterocycles. The summed E-state index contributed by atoms with van der Waals surface area (Å²) >= 11 is 0. The molecule has 1 fully saturated rings. The van der Waals surface area contributed by atoms with E-state index in [0.717, 1.165) is 13.1 Å². The standard InChI is InChI=1S/C18H24N2/c1-13-11-20(12-14(2)19-13)15(3)17-10-6-8-16-7-4-5-9-18(16)17/h4-10,13-15,19H,11-12H2,1-3H3. The molecular weight excluding hydrogens is 244 g/mol. The van der Waals surface area contributed by atoms with Gasteiger partial charge in [-0.15, -0.1) is 0 Å². The van der Waals surface area contributed by atoms with Crippen molar-refractivity contribution in [3.05, 3.63) is 48.0 Å². The normalized spacial score (nSPS) is 25.8. The van der Waals surface area contributed by atoms with Crippen LogP contribution in [0.5, 0.6) is 0 Å². The van der Waals surface area contributed by atoms with Gasteiger partial charge in [0, 0.05) is 31.2 Å². The minimum absolute atomic E-state index is 0.466. The van der Waals surface area contributed by atoms with Gasteiger partial charge in [-0.05, 0) is 37.1 Å². The van der Waals surface area contributed by atoms with E-state index in [2.05, 4.69) is 73.5 Å². The zero-order chi connectivity index (χ0) is 14.1. The summed E-state index contributed by atoms with van der Waals surface area (Å²) in [6.07, 6.45) is 0. The summed E-state index contributed by atoms with van der Waals surface area (Å²) in [7, 11) is 0. The molecule has 0 aliphatic carbocycles. The number of rotatable bonds is 2. The minimum atomic E-state index is 0.466. The Labute approximate surface area is 121 Å². The lowest BCUT2D eigenvalue weighted by atomic mass is 9.97. The van der Waals surface area contributed by atoms with Crippen LogP contribution >= 0.6 is 0 Å². The van der Waals surface area contributed by atoms with Crippen LogP contribution in [0.25, 0.3) is 10.8 Å². The van der Waals surface area contributed by atoms with Crippen LogP contribution in [-0.2, 0) is 0 Å².